The maximum atomic E-state index is 13.0. The first-order valence-electron chi connectivity index (χ1n) is 8.63. The highest BCUT2D eigenvalue weighted by molar-refractivity contribution is 8.00. The predicted octanol–water partition coefficient (Wildman–Crippen LogP) is 5.67. The molecule has 1 unspecified atom stereocenters. The van der Waals surface area contributed by atoms with E-state index in [-0.39, 0.29) is 5.69 Å². The number of carbonyl (C=O) groups excluding carboxylic acids is 1. The molecule has 3 aromatic rings. The number of H-pyrrole nitrogens is 1. The molecule has 0 radical (unpaired) electrons. The van der Waals surface area contributed by atoms with Crippen LogP contribution in [-0.2, 0) is 11.0 Å². The zero-order valence-electron chi connectivity index (χ0n) is 15.7. The van der Waals surface area contributed by atoms with Crippen LogP contribution in [0.3, 0.4) is 0 Å². The smallest absolute Gasteiger partial charge is 0.417 e. The lowest BCUT2D eigenvalue weighted by atomic mass is 10.2. The van der Waals surface area contributed by atoms with Crippen LogP contribution in [0.25, 0.3) is 12.2 Å². The number of benzene rings is 1. The lowest BCUT2D eigenvalue weighted by Gasteiger charge is -2.13. The quantitative estimate of drug-likeness (QED) is 0.467. The van der Waals surface area contributed by atoms with Crippen LogP contribution in [0.1, 0.15) is 29.8 Å². The van der Waals surface area contributed by atoms with Gasteiger partial charge >= 0.3 is 6.18 Å². The molecule has 3 rings (SSSR count). The average Bonchev–Trinajstić information content (AvgIpc) is 3.29. The van der Waals surface area contributed by atoms with Crippen LogP contribution in [0.15, 0.2) is 39.9 Å². The Morgan fingerprint density at radius 1 is 1.30 bits per heavy atom. The number of alkyl halides is 3. The van der Waals surface area contributed by atoms with Crippen molar-refractivity contribution in [3.8, 4) is 0 Å². The van der Waals surface area contributed by atoms with E-state index in [0.717, 1.165) is 29.7 Å². The molecule has 2 N–H and O–H groups in total. The molecule has 1 amide bonds. The van der Waals surface area contributed by atoms with Gasteiger partial charge in [-0.2, -0.15) is 13.2 Å². The van der Waals surface area contributed by atoms with Crippen LogP contribution in [0, 0.1) is 6.92 Å². The van der Waals surface area contributed by atoms with Gasteiger partial charge in [0.2, 0.25) is 11.1 Å². The van der Waals surface area contributed by atoms with Crippen molar-refractivity contribution in [2.75, 3.05) is 5.32 Å². The Kier molecular flexibility index (Phi) is 6.57. The molecule has 0 spiro atoms. The Labute approximate surface area is 178 Å². The van der Waals surface area contributed by atoms with Crippen molar-refractivity contribution < 1.29 is 22.4 Å². The van der Waals surface area contributed by atoms with Crippen LogP contribution in [0.2, 0.25) is 5.02 Å². The molecule has 2 aromatic heterocycles. The van der Waals surface area contributed by atoms with Gasteiger partial charge in [-0.1, -0.05) is 23.4 Å². The van der Waals surface area contributed by atoms with Gasteiger partial charge in [0.15, 0.2) is 0 Å². The number of hydrogen-bond acceptors (Lipinski definition) is 5. The number of amides is 1. The molecule has 0 bridgehead atoms. The number of anilines is 1. The van der Waals surface area contributed by atoms with Gasteiger partial charge in [-0.05, 0) is 56.3 Å². The molecule has 0 aliphatic rings. The molecule has 11 heteroatoms. The van der Waals surface area contributed by atoms with E-state index >= 15 is 0 Å². The van der Waals surface area contributed by atoms with E-state index in [9.17, 15) is 18.0 Å². The number of rotatable bonds is 6. The number of thioether (sulfide) groups is 1. The summed E-state index contributed by atoms with van der Waals surface area (Å²) in [5.74, 6) is 1.41. The third kappa shape index (κ3) is 5.67. The highest BCUT2D eigenvalue weighted by atomic mass is 35.5. The highest BCUT2D eigenvalue weighted by Crippen LogP contribution is 2.36. The molecule has 0 aliphatic carbocycles. The summed E-state index contributed by atoms with van der Waals surface area (Å²) >= 11 is 6.65. The summed E-state index contributed by atoms with van der Waals surface area (Å²) in [7, 11) is 0. The van der Waals surface area contributed by atoms with Gasteiger partial charge in [-0.25, -0.2) is 4.98 Å². The van der Waals surface area contributed by atoms with Gasteiger partial charge in [-0.3, -0.25) is 9.89 Å². The third-order valence-corrected chi connectivity index (χ3v) is 5.13. The molecule has 0 aliphatic heterocycles. The fourth-order valence-corrected chi connectivity index (χ4v) is 3.32. The van der Waals surface area contributed by atoms with E-state index in [4.69, 9.17) is 16.0 Å². The molecule has 2 heterocycles. The van der Waals surface area contributed by atoms with Crippen LogP contribution < -0.4 is 5.32 Å². The molecular weight excluding hydrogens is 441 g/mol. The van der Waals surface area contributed by atoms with Crippen molar-refractivity contribution in [1.29, 1.82) is 0 Å². The van der Waals surface area contributed by atoms with Crippen molar-refractivity contribution in [2.24, 2.45) is 0 Å². The van der Waals surface area contributed by atoms with E-state index in [1.54, 1.807) is 19.1 Å². The Morgan fingerprint density at radius 2 is 2.07 bits per heavy atom. The topological polar surface area (TPSA) is 83.8 Å². The number of furan rings is 1. The maximum Gasteiger partial charge on any atom is 0.417 e. The molecule has 1 atom stereocenters. The molecule has 158 valence electrons. The molecular formula is C19H16ClF3N4O2S. The van der Waals surface area contributed by atoms with Gasteiger partial charge in [-0.15, -0.1) is 5.10 Å². The second kappa shape index (κ2) is 8.97. The monoisotopic (exact) mass is 456 g/mol. The van der Waals surface area contributed by atoms with Crippen LogP contribution in [0.5, 0.6) is 0 Å². The van der Waals surface area contributed by atoms with Crippen LogP contribution in [0.4, 0.5) is 18.9 Å². The normalized spacial score (nSPS) is 13.0. The molecule has 0 saturated carbocycles. The predicted molar refractivity (Wildman–Crippen MR) is 109 cm³/mol. The standard InChI is InChI=1S/C19H16ClF3N4O2S/c1-10-3-5-13(29-10)6-8-16-25-18(27-26-16)30-11(2)17(28)24-12-4-7-15(20)14(9-12)19(21,22)23/h3-9,11H,1-2H3,(H,24,28)(H,25,26,27)/b8-6+. The summed E-state index contributed by atoms with van der Waals surface area (Å²) in [5, 5.41) is 8.42. The Balaban J connectivity index is 1.61. The largest absolute Gasteiger partial charge is 0.462 e. The van der Waals surface area contributed by atoms with Crippen molar-refractivity contribution in [1.82, 2.24) is 15.2 Å². The second-order valence-electron chi connectivity index (χ2n) is 6.23. The first kappa shape index (κ1) is 22.0. The first-order chi connectivity index (χ1) is 14.1. The number of nitrogens with zero attached hydrogens (tertiary/aromatic N) is 2. The van der Waals surface area contributed by atoms with Crippen LogP contribution in [-0.4, -0.2) is 26.3 Å². The van der Waals surface area contributed by atoms with Gasteiger partial charge < -0.3 is 9.73 Å². The van der Waals surface area contributed by atoms with E-state index in [0.29, 0.717) is 16.7 Å². The molecule has 0 saturated heterocycles. The number of aryl methyl sites for hydroxylation is 1. The van der Waals surface area contributed by atoms with Crippen molar-refractivity contribution in [3.63, 3.8) is 0 Å². The van der Waals surface area contributed by atoms with Crippen molar-refractivity contribution in [3.05, 3.63) is 58.3 Å². The minimum Gasteiger partial charge on any atom is -0.462 e. The Bertz CT molecular complexity index is 1080. The third-order valence-electron chi connectivity index (χ3n) is 3.84. The van der Waals surface area contributed by atoms with Crippen molar-refractivity contribution in [2.45, 2.75) is 30.4 Å². The number of hydrogen-bond donors (Lipinski definition) is 2. The fraction of sp³-hybridized carbons (Fsp3) is 0.211. The SMILES string of the molecule is Cc1ccc(/C=C/c2nc(SC(C)C(=O)Nc3ccc(Cl)c(C(F)(F)F)c3)n[nH]2)o1. The number of aromatic amines is 1. The summed E-state index contributed by atoms with van der Waals surface area (Å²) in [6.45, 7) is 3.43. The van der Waals surface area contributed by atoms with Crippen molar-refractivity contribution >= 4 is 47.1 Å². The summed E-state index contributed by atoms with van der Waals surface area (Å²) in [5.41, 5.74) is -1.02. The van der Waals surface area contributed by atoms with E-state index in [2.05, 4.69) is 20.5 Å². The highest BCUT2D eigenvalue weighted by Gasteiger charge is 2.33. The minimum absolute atomic E-state index is 0.00322. The number of halogens is 4. The van der Waals surface area contributed by atoms with Gasteiger partial charge in [0.25, 0.3) is 0 Å². The molecule has 1 aromatic carbocycles. The molecule has 0 fully saturated rings. The zero-order valence-corrected chi connectivity index (χ0v) is 17.3. The van der Waals surface area contributed by atoms with Crippen LogP contribution >= 0.6 is 23.4 Å². The van der Waals surface area contributed by atoms with E-state index in [1.165, 1.54) is 6.07 Å². The van der Waals surface area contributed by atoms with Gasteiger partial charge in [0.05, 0.1) is 15.8 Å². The maximum absolute atomic E-state index is 13.0. The average molecular weight is 457 g/mol. The number of aromatic nitrogens is 3. The lowest BCUT2D eigenvalue weighted by molar-refractivity contribution is -0.137. The summed E-state index contributed by atoms with van der Waals surface area (Å²) < 4.78 is 44.3. The minimum atomic E-state index is -4.62. The fourth-order valence-electron chi connectivity index (χ4n) is 2.37. The Morgan fingerprint density at radius 3 is 2.73 bits per heavy atom. The number of carbonyl (C=O) groups is 1. The lowest BCUT2D eigenvalue weighted by Crippen LogP contribution is -2.22. The second-order valence-corrected chi connectivity index (χ2v) is 7.94. The van der Waals surface area contributed by atoms with E-state index in [1.807, 2.05) is 19.1 Å². The first-order valence-corrected chi connectivity index (χ1v) is 9.89. The Hall–Kier alpha value is -2.72. The zero-order chi connectivity index (χ0) is 21.9. The summed E-state index contributed by atoms with van der Waals surface area (Å²) in [6, 6.07) is 6.83. The summed E-state index contributed by atoms with van der Waals surface area (Å²) in [4.78, 5) is 16.6. The van der Waals surface area contributed by atoms with E-state index < -0.39 is 27.9 Å². The van der Waals surface area contributed by atoms with Gasteiger partial charge in [0, 0.05) is 5.69 Å². The van der Waals surface area contributed by atoms with Gasteiger partial charge in [0.1, 0.15) is 17.3 Å². The molecule has 30 heavy (non-hydrogen) atoms. The summed E-state index contributed by atoms with van der Waals surface area (Å²) in [6.07, 6.45) is -1.22. The number of nitrogens with one attached hydrogen (secondary N) is 2. The molecule has 6 nitrogen and oxygen atoms in total.